The molecule has 1 aromatic rings. The molecule has 6 heteroatoms. The van der Waals surface area contributed by atoms with Crippen LogP contribution in [0.5, 0.6) is 5.75 Å². The Morgan fingerprint density at radius 2 is 2.05 bits per heavy atom. The number of piperidine rings is 1. The van der Waals surface area contributed by atoms with Gasteiger partial charge in [0.05, 0.1) is 13.0 Å². The second-order valence-corrected chi connectivity index (χ2v) is 4.62. The van der Waals surface area contributed by atoms with Crippen molar-refractivity contribution in [1.29, 1.82) is 0 Å². The number of para-hydroxylation sites is 1. The summed E-state index contributed by atoms with van der Waals surface area (Å²) in [4.78, 5) is 11.7. The Morgan fingerprint density at radius 1 is 1.35 bits per heavy atom. The van der Waals surface area contributed by atoms with E-state index in [0.29, 0.717) is 0 Å². The number of nitrogens with one attached hydrogen (secondary N) is 2. The zero-order valence-electron chi connectivity index (χ0n) is 11.2. The van der Waals surface area contributed by atoms with Crippen LogP contribution in [-0.4, -0.2) is 31.6 Å². The third-order valence-electron chi connectivity index (χ3n) is 3.13. The van der Waals surface area contributed by atoms with Gasteiger partial charge in [0.25, 0.3) is 0 Å². The number of benzene rings is 1. The van der Waals surface area contributed by atoms with Crippen LogP contribution in [0.15, 0.2) is 24.3 Å². The molecule has 2 rings (SSSR count). The fourth-order valence-corrected chi connectivity index (χ4v) is 2.08. The molecule has 1 aromatic carbocycles. The Hall–Kier alpha value is -1.33. The number of carbonyl (C=O) groups excluding carboxylic acids is 1. The van der Waals surface area contributed by atoms with E-state index in [0.717, 1.165) is 25.9 Å². The SMILES string of the molecule is Cl.O=C(CCOc1ccccc1F)NC1CCNCC1. The minimum Gasteiger partial charge on any atom is -0.490 e. The molecular formula is C14H20ClFN2O2. The lowest BCUT2D eigenvalue weighted by atomic mass is 10.1. The normalized spacial score (nSPS) is 15.2. The van der Waals surface area contributed by atoms with Crippen molar-refractivity contribution in [1.82, 2.24) is 10.6 Å². The maximum Gasteiger partial charge on any atom is 0.223 e. The number of amides is 1. The molecule has 0 saturated carbocycles. The van der Waals surface area contributed by atoms with Crippen LogP contribution in [0.4, 0.5) is 4.39 Å². The largest absolute Gasteiger partial charge is 0.490 e. The van der Waals surface area contributed by atoms with E-state index in [9.17, 15) is 9.18 Å². The molecule has 4 nitrogen and oxygen atoms in total. The highest BCUT2D eigenvalue weighted by molar-refractivity contribution is 5.85. The van der Waals surface area contributed by atoms with Crippen molar-refractivity contribution in [2.24, 2.45) is 0 Å². The maximum absolute atomic E-state index is 13.3. The summed E-state index contributed by atoms with van der Waals surface area (Å²) in [5, 5.41) is 6.21. The summed E-state index contributed by atoms with van der Waals surface area (Å²) >= 11 is 0. The predicted octanol–water partition coefficient (Wildman–Crippen LogP) is 1.88. The van der Waals surface area contributed by atoms with Crippen LogP contribution < -0.4 is 15.4 Å². The fourth-order valence-electron chi connectivity index (χ4n) is 2.08. The third-order valence-corrected chi connectivity index (χ3v) is 3.13. The van der Waals surface area contributed by atoms with E-state index in [1.54, 1.807) is 18.2 Å². The topological polar surface area (TPSA) is 50.4 Å². The van der Waals surface area contributed by atoms with Crippen molar-refractivity contribution < 1.29 is 13.9 Å². The van der Waals surface area contributed by atoms with Crippen LogP contribution in [0.2, 0.25) is 0 Å². The Balaban J connectivity index is 0.00000200. The lowest BCUT2D eigenvalue weighted by Gasteiger charge is -2.23. The van der Waals surface area contributed by atoms with E-state index in [1.165, 1.54) is 6.07 Å². The van der Waals surface area contributed by atoms with Crippen LogP contribution in [0.25, 0.3) is 0 Å². The Labute approximate surface area is 124 Å². The van der Waals surface area contributed by atoms with Crippen molar-refractivity contribution >= 4 is 18.3 Å². The molecule has 0 bridgehead atoms. The first kappa shape index (κ1) is 16.7. The summed E-state index contributed by atoms with van der Waals surface area (Å²) in [5.41, 5.74) is 0. The second-order valence-electron chi connectivity index (χ2n) is 4.62. The van der Waals surface area contributed by atoms with E-state index < -0.39 is 5.82 Å². The molecule has 1 amide bonds. The highest BCUT2D eigenvalue weighted by Crippen LogP contribution is 2.15. The molecule has 0 aromatic heterocycles. The lowest BCUT2D eigenvalue weighted by Crippen LogP contribution is -2.43. The second kappa shape index (κ2) is 8.76. The van der Waals surface area contributed by atoms with Crippen molar-refractivity contribution in [3.05, 3.63) is 30.1 Å². The minimum atomic E-state index is -0.402. The molecule has 2 N–H and O–H groups in total. The number of halogens is 2. The first-order valence-electron chi connectivity index (χ1n) is 6.63. The number of ether oxygens (including phenoxy) is 1. The summed E-state index contributed by atoms with van der Waals surface area (Å²) < 4.78 is 18.5. The molecule has 20 heavy (non-hydrogen) atoms. The van der Waals surface area contributed by atoms with Gasteiger partial charge in [-0.2, -0.15) is 0 Å². The Bertz CT molecular complexity index is 425. The molecule has 0 radical (unpaired) electrons. The van der Waals surface area contributed by atoms with Gasteiger partial charge in [0.15, 0.2) is 11.6 Å². The molecule has 1 aliphatic rings. The van der Waals surface area contributed by atoms with Crippen LogP contribution in [0, 0.1) is 5.82 Å². The molecule has 1 fully saturated rings. The quantitative estimate of drug-likeness (QED) is 0.873. The summed E-state index contributed by atoms with van der Waals surface area (Å²) in [6, 6.07) is 6.45. The van der Waals surface area contributed by atoms with Crippen LogP contribution in [0.1, 0.15) is 19.3 Å². The van der Waals surface area contributed by atoms with Crippen LogP contribution in [-0.2, 0) is 4.79 Å². The van der Waals surface area contributed by atoms with E-state index in [-0.39, 0.29) is 43.1 Å². The monoisotopic (exact) mass is 302 g/mol. The fraction of sp³-hybridized carbons (Fsp3) is 0.500. The van der Waals surface area contributed by atoms with Gasteiger partial charge in [0, 0.05) is 6.04 Å². The van der Waals surface area contributed by atoms with Gasteiger partial charge in [-0.25, -0.2) is 4.39 Å². The number of hydrogen-bond donors (Lipinski definition) is 2. The van der Waals surface area contributed by atoms with Gasteiger partial charge < -0.3 is 15.4 Å². The van der Waals surface area contributed by atoms with Crippen LogP contribution >= 0.6 is 12.4 Å². The van der Waals surface area contributed by atoms with Gasteiger partial charge in [-0.15, -0.1) is 12.4 Å². The number of hydrogen-bond acceptors (Lipinski definition) is 3. The molecule has 112 valence electrons. The molecular weight excluding hydrogens is 283 g/mol. The lowest BCUT2D eigenvalue weighted by molar-refractivity contribution is -0.122. The van der Waals surface area contributed by atoms with Gasteiger partial charge in [-0.05, 0) is 38.1 Å². The average Bonchev–Trinajstić information content (AvgIpc) is 2.42. The molecule has 1 saturated heterocycles. The standard InChI is InChI=1S/C14H19FN2O2.ClH/c15-12-3-1-2-4-13(12)19-10-7-14(18)17-11-5-8-16-9-6-11;/h1-4,11,16H,5-10H2,(H,17,18);1H. The highest BCUT2D eigenvalue weighted by Gasteiger charge is 2.15. The third kappa shape index (κ3) is 5.35. The van der Waals surface area contributed by atoms with E-state index >= 15 is 0 Å². The molecule has 1 heterocycles. The first-order valence-corrected chi connectivity index (χ1v) is 6.63. The molecule has 0 spiro atoms. The average molecular weight is 303 g/mol. The zero-order chi connectivity index (χ0) is 13.5. The predicted molar refractivity (Wildman–Crippen MR) is 77.8 cm³/mol. The van der Waals surface area contributed by atoms with E-state index in [1.807, 2.05) is 0 Å². The smallest absolute Gasteiger partial charge is 0.223 e. The summed E-state index contributed by atoms with van der Waals surface area (Å²) in [7, 11) is 0. The highest BCUT2D eigenvalue weighted by atomic mass is 35.5. The maximum atomic E-state index is 13.3. The van der Waals surface area contributed by atoms with Gasteiger partial charge in [-0.3, -0.25) is 4.79 Å². The van der Waals surface area contributed by atoms with Gasteiger partial charge in [0.2, 0.25) is 5.91 Å². The Kier molecular flexibility index (Phi) is 7.33. The van der Waals surface area contributed by atoms with Crippen molar-refractivity contribution in [3.8, 4) is 5.75 Å². The van der Waals surface area contributed by atoms with E-state index in [4.69, 9.17) is 4.74 Å². The summed E-state index contributed by atoms with van der Waals surface area (Å²) in [6.07, 6.45) is 2.16. The van der Waals surface area contributed by atoms with Gasteiger partial charge in [0.1, 0.15) is 0 Å². The zero-order valence-corrected chi connectivity index (χ0v) is 12.0. The van der Waals surface area contributed by atoms with Gasteiger partial charge >= 0.3 is 0 Å². The number of carbonyl (C=O) groups is 1. The number of rotatable bonds is 5. The molecule has 0 atom stereocenters. The van der Waals surface area contributed by atoms with Crippen LogP contribution in [0.3, 0.4) is 0 Å². The minimum absolute atomic E-state index is 0. The molecule has 0 unspecified atom stereocenters. The van der Waals surface area contributed by atoms with Crippen molar-refractivity contribution in [2.45, 2.75) is 25.3 Å². The molecule has 1 aliphatic heterocycles. The van der Waals surface area contributed by atoms with Crippen molar-refractivity contribution in [3.63, 3.8) is 0 Å². The Morgan fingerprint density at radius 3 is 2.75 bits per heavy atom. The summed E-state index contributed by atoms with van der Waals surface area (Å²) in [5.74, 6) is -0.248. The summed E-state index contributed by atoms with van der Waals surface area (Å²) in [6.45, 7) is 2.07. The molecule has 0 aliphatic carbocycles. The van der Waals surface area contributed by atoms with E-state index in [2.05, 4.69) is 10.6 Å². The first-order chi connectivity index (χ1) is 9.25. The van der Waals surface area contributed by atoms with Gasteiger partial charge in [-0.1, -0.05) is 12.1 Å². The van der Waals surface area contributed by atoms with Crippen molar-refractivity contribution in [2.75, 3.05) is 19.7 Å².